The molecule has 1 aliphatic heterocycles. The van der Waals surface area contributed by atoms with Crippen molar-refractivity contribution in [3.05, 3.63) is 42.0 Å². The maximum Gasteiger partial charge on any atom is 0.126 e. The van der Waals surface area contributed by atoms with Gasteiger partial charge in [0.2, 0.25) is 0 Å². The molecule has 0 spiro atoms. The normalized spacial score (nSPS) is 21.3. The molecule has 0 N–H and O–H groups in total. The van der Waals surface area contributed by atoms with Crippen LogP contribution in [-0.4, -0.2) is 5.40 Å². The molecule has 0 fully saturated rings. The van der Waals surface area contributed by atoms with Crippen molar-refractivity contribution in [2.24, 2.45) is 0 Å². The summed E-state index contributed by atoms with van der Waals surface area (Å²) in [6.07, 6.45) is 1.11. The van der Waals surface area contributed by atoms with Crippen molar-refractivity contribution >= 4 is 28.8 Å². The van der Waals surface area contributed by atoms with Crippen molar-refractivity contribution in [2.45, 2.75) is 11.8 Å². The molecule has 3 atom stereocenters. The Hall–Kier alpha value is -0.640. The van der Waals surface area contributed by atoms with E-state index in [1.165, 1.54) is 16.3 Å². The van der Waals surface area contributed by atoms with Gasteiger partial charge in [-0.05, 0) is 23.3 Å². The Morgan fingerprint density at radius 2 is 2.07 bits per heavy atom. The molecule has 15 heavy (non-hydrogen) atoms. The summed E-state index contributed by atoms with van der Waals surface area (Å²) in [5, 5.41) is 3.22. The summed E-state index contributed by atoms with van der Waals surface area (Å²) >= 11 is 0. The van der Waals surface area contributed by atoms with Crippen LogP contribution in [0.5, 0.6) is 5.75 Å². The summed E-state index contributed by atoms with van der Waals surface area (Å²) in [5.41, 5.74) is 1.37. The van der Waals surface area contributed by atoms with E-state index in [1.54, 1.807) is 0 Å². The van der Waals surface area contributed by atoms with Gasteiger partial charge in [0.1, 0.15) is 5.75 Å². The smallest absolute Gasteiger partial charge is 0.126 e. The van der Waals surface area contributed by atoms with Gasteiger partial charge in [-0.3, -0.25) is 0 Å². The molecule has 76 valence electrons. The van der Waals surface area contributed by atoms with E-state index < -0.39 is 0 Å². The molecular formula is C12H12OP2. The van der Waals surface area contributed by atoms with Gasteiger partial charge in [-0.15, -0.1) is 9.24 Å². The number of hydrogen-bond donors (Lipinski definition) is 0. The van der Waals surface area contributed by atoms with Gasteiger partial charge in [0.25, 0.3) is 0 Å². The van der Waals surface area contributed by atoms with Gasteiger partial charge in [0, 0.05) is 11.0 Å². The number of benzene rings is 2. The second-order valence-corrected chi connectivity index (χ2v) is 6.45. The minimum absolute atomic E-state index is 0.573. The average Bonchev–Trinajstić information content (AvgIpc) is 2.29. The highest BCUT2D eigenvalue weighted by molar-refractivity contribution is 7.46. The fraction of sp³-hybridized carbons (Fsp3) is 0.167. The Kier molecular flexibility index (Phi) is 2.39. The van der Waals surface area contributed by atoms with E-state index in [2.05, 4.69) is 45.6 Å². The Morgan fingerprint density at radius 1 is 1.20 bits per heavy atom. The first-order valence-corrected chi connectivity index (χ1v) is 6.68. The molecule has 0 amide bonds. The van der Waals surface area contributed by atoms with Crippen LogP contribution in [0, 0.1) is 0 Å². The molecule has 3 unspecified atom stereocenters. The van der Waals surface area contributed by atoms with Crippen molar-refractivity contribution < 1.29 is 4.52 Å². The van der Waals surface area contributed by atoms with Crippen LogP contribution in [0.4, 0.5) is 0 Å². The van der Waals surface area contributed by atoms with Crippen LogP contribution >= 0.6 is 18.0 Å². The molecule has 0 aromatic heterocycles. The highest BCUT2D eigenvalue weighted by Crippen LogP contribution is 2.42. The lowest BCUT2D eigenvalue weighted by Gasteiger charge is -2.23. The van der Waals surface area contributed by atoms with E-state index in [-0.39, 0.29) is 0 Å². The van der Waals surface area contributed by atoms with Gasteiger partial charge < -0.3 is 4.52 Å². The Labute approximate surface area is 93.3 Å². The maximum absolute atomic E-state index is 5.75. The zero-order valence-electron chi connectivity index (χ0n) is 8.23. The third-order valence-corrected chi connectivity index (χ3v) is 4.23. The number of fused-ring (bicyclic) bond motifs is 3. The van der Waals surface area contributed by atoms with Gasteiger partial charge in [-0.25, -0.2) is 0 Å². The number of hydrogen-bond acceptors (Lipinski definition) is 1. The average molecular weight is 234 g/mol. The summed E-state index contributed by atoms with van der Waals surface area (Å²) in [6, 6.07) is 12.8. The molecule has 1 heterocycles. The predicted molar refractivity (Wildman–Crippen MR) is 70.1 cm³/mol. The second-order valence-electron chi connectivity index (χ2n) is 3.79. The van der Waals surface area contributed by atoms with Gasteiger partial charge in [0.05, 0.1) is 8.81 Å². The molecule has 0 saturated heterocycles. The fourth-order valence-electron chi connectivity index (χ4n) is 2.02. The maximum atomic E-state index is 5.75. The van der Waals surface area contributed by atoms with Crippen molar-refractivity contribution in [3.8, 4) is 5.75 Å². The zero-order chi connectivity index (χ0) is 10.3. The first kappa shape index (κ1) is 9.58. The number of rotatable bonds is 0. The van der Waals surface area contributed by atoms with E-state index in [9.17, 15) is 0 Å². The lowest BCUT2D eigenvalue weighted by molar-refractivity contribution is 0.602. The zero-order valence-corrected chi connectivity index (χ0v) is 10.4. The summed E-state index contributed by atoms with van der Waals surface area (Å²) in [5.74, 6) is 1.07. The van der Waals surface area contributed by atoms with Crippen LogP contribution in [-0.2, 0) is 6.42 Å². The van der Waals surface area contributed by atoms with E-state index in [1.807, 2.05) is 0 Å². The molecule has 3 heteroatoms. The molecule has 0 radical (unpaired) electrons. The molecule has 2 aromatic rings. The summed E-state index contributed by atoms with van der Waals surface area (Å²) < 4.78 is 5.75. The van der Waals surface area contributed by atoms with Crippen molar-refractivity contribution in [1.29, 1.82) is 0 Å². The minimum Gasteiger partial charge on any atom is -0.476 e. The highest BCUT2D eigenvalue weighted by atomic mass is 31.1. The third kappa shape index (κ3) is 1.65. The monoisotopic (exact) mass is 234 g/mol. The van der Waals surface area contributed by atoms with E-state index in [0.717, 1.165) is 12.2 Å². The van der Waals surface area contributed by atoms with Crippen molar-refractivity contribution in [1.82, 2.24) is 0 Å². The first-order valence-electron chi connectivity index (χ1n) is 5.03. The van der Waals surface area contributed by atoms with Crippen molar-refractivity contribution in [3.63, 3.8) is 0 Å². The van der Waals surface area contributed by atoms with Gasteiger partial charge in [-0.1, -0.05) is 30.3 Å². The van der Waals surface area contributed by atoms with Crippen LogP contribution in [0.3, 0.4) is 0 Å². The molecule has 1 nitrogen and oxygen atoms in total. The predicted octanol–water partition coefficient (Wildman–Crippen LogP) is 3.57. The van der Waals surface area contributed by atoms with Crippen LogP contribution in [0.1, 0.15) is 5.56 Å². The summed E-state index contributed by atoms with van der Waals surface area (Å²) in [4.78, 5) is 0. The van der Waals surface area contributed by atoms with Gasteiger partial charge in [-0.2, -0.15) is 0 Å². The van der Waals surface area contributed by atoms with Gasteiger partial charge >= 0.3 is 0 Å². The lowest BCUT2D eigenvalue weighted by atomic mass is 10.0. The fourth-order valence-corrected chi connectivity index (χ4v) is 3.22. The highest BCUT2D eigenvalue weighted by Gasteiger charge is 2.18. The topological polar surface area (TPSA) is 9.23 Å². The van der Waals surface area contributed by atoms with E-state index in [4.69, 9.17) is 4.52 Å². The Morgan fingerprint density at radius 3 is 3.00 bits per heavy atom. The molecule has 1 aliphatic rings. The SMILES string of the molecule is PC1Cc2c(ccc3ccccc23)OP1. The Bertz CT molecular complexity index is 510. The van der Waals surface area contributed by atoms with Crippen LogP contribution in [0.25, 0.3) is 10.8 Å². The molecule has 2 aromatic carbocycles. The standard InChI is InChI=1S/C12H12OP2/c14-12-7-10-9-4-2-1-3-8(9)5-6-11(10)13-15-12/h1-6,12,15H,7,14H2. The van der Waals surface area contributed by atoms with Crippen LogP contribution in [0.2, 0.25) is 0 Å². The summed E-state index contributed by atoms with van der Waals surface area (Å²) in [7, 11) is 3.44. The largest absolute Gasteiger partial charge is 0.476 e. The van der Waals surface area contributed by atoms with Gasteiger partial charge in [0.15, 0.2) is 0 Å². The van der Waals surface area contributed by atoms with E-state index >= 15 is 0 Å². The molecule has 0 saturated carbocycles. The Balaban J connectivity index is 2.28. The van der Waals surface area contributed by atoms with Crippen LogP contribution < -0.4 is 4.52 Å². The summed E-state index contributed by atoms with van der Waals surface area (Å²) in [6.45, 7) is 0. The van der Waals surface area contributed by atoms with Crippen LogP contribution in [0.15, 0.2) is 36.4 Å². The quantitative estimate of drug-likeness (QED) is 0.633. The minimum atomic E-state index is 0.573. The molecular weight excluding hydrogens is 222 g/mol. The molecule has 0 aliphatic carbocycles. The second kappa shape index (κ2) is 3.74. The third-order valence-electron chi connectivity index (χ3n) is 2.74. The first-order chi connectivity index (χ1) is 7.34. The molecule has 0 bridgehead atoms. The molecule has 3 rings (SSSR count). The lowest BCUT2D eigenvalue weighted by Crippen LogP contribution is -2.06. The van der Waals surface area contributed by atoms with Crippen molar-refractivity contribution in [2.75, 3.05) is 0 Å². The van der Waals surface area contributed by atoms with E-state index in [0.29, 0.717) is 14.2 Å².